The number of amides is 2. The van der Waals surface area contributed by atoms with Crippen LogP contribution in [0.2, 0.25) is 5.02 Å². The molecule has 1 aromatic carbocycles. The molecule has 0 atom stereocenters. The van der Waals surface area contributed by atoms with E-state index in [2.05, 4.69) is 15.2 Å². The van der Waals surface area contributed by atoms with E-state index in [0.29, 0.717) is 67.3 Å². The fourth-order valence-corrected chi connectivity index (χ4v) is 5.32. The van der Waals surface area contributed by atoms with Crippen molar-refractivity contribution in [1.82, 2.24) is 14.8 Å². The van der Waals surface area contributed by atoms with Gasteiger partial charge >= 0.3 is 0 Å². The van der Waals surface area contributed by atoms with E-state index in [4.69, 9.17) is 26.8 Å². The van der Waals surface area contributed by atoms with Gasteiger partial charge in [-0.3, -0.25) is 14.5 Å². The lowest BCUT2D eigenvalue weighted by atomic mass is 9.96. The maximum atomic E-state index is 12.8. The van der Waals surface area contributed by atoms with Gasteiger partial charge < -0.3 is 25.4 Å². The SMILES string of the molecule is CCOc1cc(CN2CCC(Nc3ccc(C(=O)N4CCC(C(N)=O)CC4)cn3)CC2)cc(OCC)c1Cl. The zero-order chi connectivity index (χ0) is 27.1. The number of halogens is 1. The summed E-state index contributed by atoms with van der Waals surface area (Å²) in [6.45, 7) is 8.76. The first-order chi connectivity index (χ1) is 18.4. The fraction of sp³-hybridized carbons (Fsp3) is 0.536. The first-order valence-electron chi connectivity index (χ1n) is 13.5. The number of carbonyl (C=O) groups is 2. The average molecular weight is 544 g/mol. The molecule has 2 saturated heterocycles. The predicted molar refractivity (Wildman–Crippen MR) is 148 cm³/mol. The number of ether oxygens (including phenoxy) is 2. The molecule has 9 nitrogen and oxygen atoms in total. The van der Waals surface area contributed by atoms with E-state index < -0.39 is 0 Å². The summed E-state index contributed by atoms with van der Waals surface area (Å²) in [4.78, 5) is 32.9. The van der Waals surface area contributed by atoms with Crippen molar-refractivity contribution >= 4 is 29.2 Å². The van der Waals surface area contributed by atoms with Crippen LogP contribution in [0.5, 0.6) is 11.5 Å². The lowest BCUT2D eigenvalue weighted by molar-refractivity contribution is -0.123. The maximum absolute atomic E-state index is 12.8. The summed E-state index contributed by atoms with van der Waals surface area (Å²) in [6.07, 6.45) is 4.84. The van der Waals surface area contributed by atoms with Crippen molar-refractivity contribution in [3.05, 3.63) is 46.6 Å². The molecular weight excluding hydrogens is 506 g/mol. The largest absolute Gasteiger partial charge is 0.492 e. The molecule has 1 aromatic heterocycles. The van der Waals surface area contributed by atoms with E-state index in [1.807, 2.05) is 38.1 Å². The zero-order valence-electron chi connectivity index (χ0n) is 22.2. The molecule has 2 aromatic rings. The first kappa shape index (κ1) is 28.0. The van der Waals surface area contributed by atoms with Crippen LogP contribution in [0.3, 0.4) is 0 Å². The molecule has 10 heteroatoms. The number of hydrogen-bond donors (Lipinski definition) is 2. The van der Waals surface area contributed by atoms with Crippen LogP contribution in [-0.4, -0.2) is 72.0 Å². The van der Waals surface area contributed by atoms with Crippen LogP contribution in [0.15, 0.2) is 30.5 Å². The highest BCUT2D eigenvalue weighted by Crippen LogP contribution is 2.36. The molecule has 0 bridgehead atoms. The van der Waals surface area contributed by atoms with Gasteiger partial charge in [0.25, 0.3) is 5.91 Å². The molecule has 2 amide bonds. The summed E-state index contributed by atoms with van der Waals surface area (Å²) in [5.74, 6) is 1.62. The second kappa shape index (κ2) is 13.2. The first-order valence-corrected chi connectivity index (χ1v) is 13.9. The Hall–Kier alpha value is -3.04. The molecule has 3 heterocycles. The third kappa shape index (κ3) is 7.08. The molecule has 0 unspecified atom stereocenters. The third-order valence-corrected chi connectivity index (χ3v) is 7.58. The van der Waals surface area contributed by atoms with E-state index >= 15 is 0 Å². The van der Waals surface area contributed by atoms with Crippen molar-refractivity contribution in [1.29, 1.82) is 0 Å². The van der Waals surface area contributed by atoms with Crippen LogP contribution in [0.1, 0.15) is 55.5 Å². The Morgan fingerprint density at radius 1 is 1.03 bits per heavy atom. The Balaban J connectivity index is 1.26. The van der Waals surface area contributed by atoms with Gasteiger partial charge in [0.15, 0.2) is 0 Å². The molecular formula is C28H38ClN5O4. The number of primary amides is 1. The van der Waals surface area contributed by atoms with Gasteiger partial charge in [-0.15, -0.1) is 0 Å². The van der Waals surface area contributed by atoms with Crippen LogP contribution in [-0.2, 0) is 11.3 Å². The van der Waals surface area contributed by atoms with E-state index in [9.17, 15) is 9.59 Å². The van der Waals surface area contributed by atoms with E-state index in [1.54, 1.807) is 11.1 Å². The molecule has 4 rings (SSSR count). The molecule has 3 N–H and O–H groups in total. The number of piperidine rings is 2. The normalized spacial score (nSPS) is 17.3. The maximum Gasteiger partial charge on any atom is 0.255 e. The van der Waals surface area contributed by atoms with E-state index in [0.717, 1.165) is 43.9 Å². The van der Waals surface area contributed by atoms with Crippen molar-refractivity contribution in [3.8, 4) is 11.5 Å². The quantitative estimate of drug-likeness (QED) is 0.467. The molecule has 38 heavy (non-hydrogen) atoms. The molecule has 206 valence electrons. The monoisotopic (exact) mass is 543 g/mol. The molecule has 0 aliphatic carbocycles. The van der Waals surface area contributed by atoms with Crippen molar-refractivity contribution in [3.63, 3.8) is 0 Å². The van der Waals surface area contributed by atoms with Crippen molar-refractivity contribution in [2.75, 3.05) is 44.7 Å². The Morgan fingerprint density at radius 2 is 1.66 bits per heavy atom. The van der Waals surface area contributed by atoms with Crippen molar-refractivity contribution in [2.24, 2.45) is 11.7 Å². The van der Waals surface area contributed by atoms with Gasteiger partial charge in [0.1, 0.15) is 22.3 Å². The highest BCUT2D eigenvalue weighted by atomic mass is 35.5. The van der Waals surface area contributed by atoms with E-state index in [1.165, 1.54) is 0 Å². The second-order valence-electron chi connectivity index (χ2n) is 9.87. The van der Waals surface area contributed by atoms with E-state index in [-0.39, 0.29) is 17.7 Å². The van der Waals surface area contributed by atoms with Crippen LogP contribution in [0, 0.1) is 5.92 Å². The molecule has 0 radical (unpaired) electrons. The Morgan fingerprint density at radius 3 is 2.18 bits per heavy atom. The minimum absolute atomic E-state index is 0.0533. The highest BCUT2D eigenvalue weighted by Gasteiger charge is 2.27. The van der Waals surface area contributed by atoms with Crippen LogP contribution in [0.4, 0.5) is 5.82 Å². The van der Waals surface area contributed by atoms with Crippen LogP contribution in [0.25, 0.3) is 0 Å². The summed E-state index contributed by atoms with van der Waals surface area (Å²) < 4.78 is 11.4. The molecule has 2 aliphatic rings. The second-order valence-corrected chi connectivity index (χ2v) is 10.2. The minimum atomic E-state index is -0.281. The van der Waals surface area contributed by atoms with Gasteiger partial charge in [-0.2, -0.15) is 0 Å². The fourth-order valence-electron chi connectivity index (χ4n) is 5.10. The standard InChI is InChI=1S/C28H38ClN5O4/c1-3-37-23-15-19(16-24(26(23)29)38-4-2)18-33-11-9-22(10-12-33)32-25-6-5-21(17-31-25)28(36)34-13-7-20(8-14-34)27(30)35/h5-6,15-17,20,22H,3-4,7-14,18H2,1-2H3,(H2,30,35)(H,31,32). The number of likely N-dealkylation sites (tertiary alicyclic amines) is 2. The van der Waals surface area contributed by atoms with Gasteiger partial charge in [-0.05, 0) is 69.4 Å². The average Bonchev–Trinajstić information content (AvgIpc) is 2.92. The van der Waals surface area contributed by atoms with Crippen molar-refractivity contribution < 1.29 is 19.1 Å². The Labute approximate surface area is 229 Å². The van der Waals surface area contributed by atoms with Gasteiger partial charge in [0.2, 0.25) is 5.91 Å². The highest BCUT2D eigenvalue weighted by molar-refractivity contribution is 6.33. The van der Waals surface area contributed by atoms with Gasteiger partial charge in [-0.25, -0.2) is 4.98 Å². The number of pyridine rings is 1. The van der Waals surface area contributed by atoms with Gasteiger partial charge in [0, 0.05) is 50.9 Å². The number of rotatable bonds is 10. The molecule has 0 spiro atoms. The van der Waals surface area contributed by atoms with Crippen molar-refractivity contribution in [2.45, 2.75) is 52.1 Å². The summed E-state index contributed by atoms with van der Waals surface area (Å²) in [7, 11) is 0. The molecule has 2 aliphatic heterocycles. The number of anilines is 1. The van der Waals surface area contributed by atoms with Gasteiger partial charge in [-0.1, -0.05) is 11.6 Å². The Bertz CT molecular complexity index is 1070. The molecule has 0 saturated carbocycles. The van der Waals surface area contributed by atoms with Gasteiger partial charge in [0.05, 0.1) is 18.8 Å². The zero-order valence-corrected chi connectivity index (χ0v) is 23.0. The summed E-state index contributed by atoms with van der Waals surface area (Å²) in [5, 5.41) is 4.04. The van der Waals surface area contributed by atoms with Crippen LogP contribution >= 0.6 is 11.6 Å². The molecule has 2 fully saturated rings. The summed E-state index contributed by atoms with van der Waals surface area (Å²) >= 11 is 6.45. The minimum Gasteiger partial charge on any atom is -0.492 e. The van der Waals surface area contributed by atoms with Crippen LogP contribution < -0.4 is 20.5 Å². The summed E-state index contributed by atoms with van der Waals surface area (Å²) in [5.41, 5.74) is 7.07. The number of nitrogens with two attached hydrogens (primary N) is 1. The number of carbonyl (C=O) groups excluding carboxylic acids is 2. The number of benzene rings is 1. The number of nitrogens with zero attached hydrogens (tertiary/aromatic N) is 3. The number of hydrogen-bond acceptors (Lipinski definition) is 7. The lowest BCUT2D eigenvalue weighted by Gasteiger charge is -2.33. The third-order valence-electron chi connectivity index (χ3n) is 7.21. The topological polar surface area (TPSA) is 110 Å². The number of aromatic nitrogens is 1. The smallest absolute Gasteiger partial charge is 0.255 e. The Kier molecular flexibility index (Phi) is 9.69. The lowest BCUT2D eigenvalue weighted by Crippen LogP contribution is -2.41. The summed E-state index contributed by atoms with van der Waals surface area (Å²) in [6, 6.07) is 8.01. The number of nitrogens with one attached hydrogen (secondary N) is 1. The predicted octanol–water partition coefficient (Wildman–Crippen LogP) is 3.95.